The molecule has 0 spiro atoms. The van der Waals surface area contributed by atoms with Gasteiger partial charge in [0.1, 0.15) is 80.2 Å². The minimum Gasteiger partial charge on any atom is -0.479 e. The molecule has 2 heterocycles. The third kappa shape index (κ3) is 31.4. The van der Waals surface area contributed by atoms with Crippen molar-refractivity contribution in [2.75, 3.05) is 106 Å². The maximum atomic E-state index is 13.5. The van der Waals surface area contributed by atoms with E-state index in [9.17, 15) is 78.9 Å². The summed E-state index contributed by atoms with van der Waals surface area (Å²) in [6, 6.07) is 7.59. The zero-order chi connectivity index (χ0) is 70.6. The van der Waals surface area contributed by atoms with Crippen molar-refractivity contribution in [1.29, 1.82) is 0 Å². The van der Waals surface area contributed by atoms with Crippen molar-refractivity contribution < 1.29 is 145 Å². The van der Waals surface area contributed by atoms with E-state index in [2.05, 4.69) is 21.4 Å². The Morgan fingerprint density at radius 1 is 0.573 bits per heavy atom. The van der Waals surface area contributed by atoms with Crippen LogP contribution in [0.5, 0.6) is 11.5 Å². The zero-order valence-electron chi connectivity index (χ0n) is 54.4. The van der Waals surface area contributed by atoms with Crippen molar-refractivity contribution in [3.8, 4) is 11.5 Å². The standard InChI is InChI=1S/C62H92N4O30/c1-37(67)89-32-39-13-15-47(93-59-54(77)51(74)46(71)34-91-59)41(30-39)44(69)11-8-19-84-24-26-88-36-50(73)65-43(45(70)12-9-20-83-22-23-86-28-29-92-66-61(82)96-62(3,4)5)10-6-7-17-63-49(72)35-87-27-25-85-21-18-64-57(79)42-31-40(33-90-38(2)68)14-16-48(42)94-60-55(78)52(75)53(76)56(95-60)58(80)81/h13-16,30-31,43,46,51-56,59-60,71,74-78H,6-12,17-29,32-36H2,1-5H3,(H,63,72)(H,64,79)(H,65,73)(H,66,82)(H,80,81)/t43-,46+,51-,52-,53-,54+,55+,56-,59-,60+/m0/s1. The highest BCUT2D eigenvalue weighted by Gasteiger charge is 2.48. The molecule has 0 aliphatic carbocycles. The van der Waals surface area contributed by atoms with Crippen molar-refractivity contribution in [1.82, 2.24) is 21.4 Å². The maximum absolute atomic E-state index is 13.5. The van der Waals surface area contributed by atoms with Gasteiger partial charge in [0.2, 0.25) is 24.4 Å². The largest absolute Gasteiger partial charge is 0.479 e. The number of benzene rings is 2. The van der Waals surface area contributed by atoms with E-state index in [0.29, 0.717) is 30.4 Å². The lowest BCUT2D eigenvalue weighted by molar-refractivity contribution is -0.271. The van der Waals surface area contributed by atoms with E-state index >= 15 is 0 Å². The van der Waals surface area contributed by atoms with Crippen LogP contribution in [0.3, 0.4) is 0 Å². The zero-order valence-corrected chi connectivity index (χ0v) is 54.4. The summed E-state index contributed by atoms with van der Waals surface area (Å²) in [5, 5.41) is 78.6. The average Bonchev–Trinajstić information content (AvgIpc) is 0.812. The van der Waals surface area contributed by atoms with Gasteiger partial charge in [-0.25, -0.2) is 9.59 Å². The Kier molecular flexibility index (Phi) is 37.2. The van der Waals surface area contributed by atoms with Gasteiger partial charge in [0.25, 0.3) is 5.91 Å². The number of nitrogens with one attached hydrogen (secondary N) is 4. The number of carboxylic acids is 1. The Morgan fingerprint density at radius 3 is 1.73 bits per heavy atom. The van der Waals surface area contributed by atoms with Gasteiger partial charge in [-0.05, 0) is 88.3 Å². The van der Waals surface area contributed by atoms with Gasteiger partial charge in [0, 0.05) is 53.0 Å². The van der Waals surface area contributed by atoms with Gasteiger partial charge < -0.3 is 113 Å². The summed E-state index contributed by atoms with van der Waals surface area (Å²) in [6.45, 7) is 7.34. The Hall–Kier alpha value is -7.13. The third-order valence-corrected chi connectivity index (χ3v) is 13.6. The van der Waals surface area contributed by atoms with E-state index in [1.165, 1.54) is 44.2 Å². The topological polar surface area (TPSA) is 473 Å². The molecule has 0 bridgehead atoms. The Balaban J connectivity index is 1.17. The van der Waals surface area contributed by atoms with Crippen LogP contribution in [0.1, 0.15) is 111 Å². The van der Waals surface area contributed by atoms with Crippen LogP contribution < -0.4 is 30.9 Å². The highest BCUT2D eigenvalue weighted by atomic mass is 16.7. The Bertz CT molecular complexity index is 2770. The summed E-state index contributed by atoms with van der Waals surface area (Å²) in [4.78, 5) is 117. The van der Waals surface area contributed by atoms with Crippen LogP contribution in [0.25, 0.3) is 0 Å². The molecule has 0 radical (unpaired) electrons. The van der Waals surface area contributed by atoms with E-state index in [0.717, 1.165) is 0 Å². The number of carboxylic acid groups (broad SMARTS) is 1. The SMILES string of the molecule is CC(=O)OCc1ccc(O[C@@H]2OC[C@@H](O)[C@H](O)[C@H]2O)c(C(=O)CCCOCCOCC(=O)N[C@@H](CCCCNC(=O)COCCOCCNC(=O)c2cc(COC(C)=O)ccc2O[C@@H]2O[C@H](C(=O)O)[C@@H](O)[C@H](O)[C@H]2O)C(=O)CCCOCCOCCONC(=O)OC(C)(C)C)c1. The minimum absolute atomic E-state index is 0.00299. The second-order valence-electron chi connectivity index (χ2n) is 22.8. The summed E-state index contributed by atoms with van der Waals surface area (Å²) in [7, 11) is 0. The Labute approximate surface area is 553 Å². The fourth-order valence-electron chi connectivity index (χ4n) is 8.81. The van der Waals surface area contributed by atoms with Crippen LogP contribution in [-0.2, 0) is 98.9 Å². The molecule has 4 rings (SSSR count). The fourth-order valence-corrected chi connectivity index (χ4v) is 8.81. The first-order valence-electron chi connectivity index (χ1n) is 31.2. The number of carbonyl (C=O) groups is 9. The molecule has 2 saturated heterocycles. The number of amides is 4. The Morgan fingerprint density at radius 2 is 1.11 bits per heavy atom. The summed E-state index contributed by atoms with van der Waals surface area (Å²) >= 11 is 0. The highest BCUT2D eigenvalue weighted by Crippen LogP contribution is 2.30. The van der Waals surface area contributed by atoms with Crippen LogP contribution in [0.4, 0.5) is 4.79 Å². The van der Waals surface area contributed by atoms with Crippen LogP contribution in [0.2, 0.25) is 0 Å². The van der Waals surface area contributed by atoms with Gasteiger partial charge in [-0.15, -0.1) is 0 Å². The lowest BCUT2D eigenvalue weighted by Gasteiger charge is -2.38. The first-order valence-corrected chi connectivity index (χ1v) is 31.2. The van der Waals surface area contributed by atoms with Crippen molar-refractivity contribution in [3.63, 3.8) is 0 Å². The van der Waals surface area contributed by atoms with Crippen molar-refractivity contribution in [2.24, 2.45) is 0 Å². The number of aliphatic carboxylic acids is 1. The predicted molar refractivity (Wildman–Crippen MR) is 326 cm³/mol. The number of esters is 2. The molecule has 4 amide bonds. The molecule has 0 unspecified atom stereocenters. The number of hydrogen-bond donors (Lipinski definition) is 11. The van der Waals surface area contributed by atoms with Crippen molar-refractivity contribution in [2.45, 2.75) is 160 Å². The van der Waals surface area contributed by atoms with Crippen LogP contribution in [-0.4, -0.2) is 262 Å². The van der Waals surface area contributed by atoms with Gasteiger partial charge in [0.15, 0.2) is 17.7 Å². The number of hydroxylamine groups is 1. The van der Waals surface area contributed by atoms with Gasteiger partial charge in [-0.2, -0.15) is 5.48 Å². The van der Waals surface area contributed by atoms with E-state index in [4.69, 9.17) is 66.4 Å². The molecule has 11 N–H and O–H groups in total. The number of Topliss-reactive ketones (excluding diaryl/α,β-unsaturated/α-hetero) is 2. The average molecular weight is 1370 g/mol. The molecule has 0 aromatic heterocycles. The first-order chi connectivity index (χ1) is 45.7. The molecule has 34 heteroatoms. The van der Waals surface area contributed by atoms with Gasteiger partial charge in [-0.1, -0.05) is 12.1 Å². The van der Waals surface area contributed by atoms with E-state index in [-0.39, 0.29) is 172 Å². The molecule has 2 fully saturated rings. The number of aliphatic hydroxyl groups is 6. The normalized spacial score (nSPS) is 20.4. The number of ether oxygens (including phenoxy) is 13. The number of rotatable bonds is 46. The summed E-state index contributed by atoms with van der Waals surface area (Å²) in [6.07, 6.45) is -14.6. The molecule has 2 aliphatic rings. The molecular formula is C62H92N4O30. The van der Waals surface area contributed by atoms with Gasteiger partial charge in [-0.3, -0.25) is 38.4 Å². The number of carbonyl (C=O) groups excluding carboxylic acids is 8. The molecule has 96 heavy (non-hydrogen) atoms. The number of unbranched alkanes of at least 4 members (excludes halogenated alkanes) is 1. The minimum atomic E-state index is -1.98. The van der Waals surface area contributed by atoms with E-state index in [1.807, 2.05) is 0 Å². The molecule has 2 aromatic carbocycles. The lowest BCUT2D eigenvalue weighted by atomic mass is 9.99. The fraction of sp³-hybridized carbons (Fsp3) is 0.661. The molecule has 2 aliphatic heterocycles. The van der Waals surface area contributed by atoms with Crippen LogP contribution in [0, 0.1) is 0 Å². The van der Waals surface area contributed by atoms with Gasteiger partial charge in [0.05, 0.1) is 83.2 Å². The van der Waals surface area contributed by atoms with Crippen LogP contribution >= 0.6 is 0 Å². The molecular weight excluding hydrogens is 1280 g/mol. The van der Waals surface area contributed by atoms with Crippen molar-refractivity contribution >= 4 is 53.3 Å². The molecule has 540 valence electrons. The van der Waals surface area contributed by atoms with Crippen LogP contribution in [0.15, 0.2) is 36.4 Å². The molecule has 0 saturated carbocycles. The second kappa shape index (κ2) is 43.9. The third-order valence-electron chi connectivity index (χ3n) is 13.6. The van der Waals surface area contributed by atoms with E-state index in [1.54, 1.807) is 26.8 Å². The van der Waals surface area contributed by atoms with Crippen molar-refractivity contribution in [3.05, 3.63) is 58.7 Å². The molecule has 2 aromatic rings. The highest BCUT2D eigenvalue weighted by molar-refractivity contribution is 5.99. The first kappa shape index (κ1) is 81.3. The smallest absolute Gasteiger partial charge is 0.431 e. The number of aliphatic hydroxyl groups excluding tert-OH is 6. The lowest BCUT2D eigenvalue weighted by Crippen LogP contribution is -2.61. The summed E-state index contributed by atoms with van der Waals surface area (Å²) in [5.41, 5.74) is 2.24. The monoisotopic (exact) mass is 1370 g/mol. The molecule has 34 nitrogen and oxygen atoms in total. The number of hydrogen-bond acceptors (Lipinski definition) is 29. The summed E-state index contributed by atoms with van der Waals surface area (Å²) < 4.78 is 70.2. The maximum Gasteiger partial charge on any atom is 0.431 e. The molecule has 10 atom stereocenters. The van der Waals surface area contributed by atoms with Gasteiger partial charge >= 0.3 is 24.0 Å². The number of ketones is 2. The summed E-state index contributed by atoms with van der Waals surface area (Å²) in [5.74, 6) is -5.34. The predicted octanol–water partition coefficient (Wildman–Crippen LogP) is -1.03. The second-order valence-corrected chi connectivity index (χ2v) is 22.8. The van der Waals surface area contributed by atoms with E-state index < -0.39 is 115 Å². The quantitative estimate of drug-likeness (QED) is 0.0124.